The lowest BCUT2D eigenvalue weighted by atomic mass is 10.2. The highest BCUT2D eigenvalue weighted by molar-refractivity contribution is 8.00. The van der Waals surface area contributed by atoms with Gasteiger partial charge in [-0.05, 0) is 61.5 Å². The van der Waals surface area contributed by atoms with Gasteiger partial charge in [0.25, 0.3) is 5.91 Å². The van der Waals surface area contributed by atoms with Crippen LogP contribution in [0.15, 0.2) is 69.0 Å². The van der Waals surface area contributed by atoms with Crippen LogP contribution in [0.2, 0.25) is 15.1 Å². The van der Waals surface area contributed by atoms with Gasteiger partial charge in [0.2, 0.25) is 0 Å². The smallest absolute Gasteiger partial charge is 0.253 e. The molecule has 0 saturated heterocycles. The molecule has 1 atom stereocenters. The Morgan fingerprint density at radius 3 is 2.50 bits per heavy atom. The topological polar surface area (TPSA) is 54.6 Å². The quantitative estimate of drug-likeness (QED) is 0.262. The number of nitrogens with one attached hydrogen (secondary N) is 1. The molecule has 0 bridgehead atoms. The van der Waals surface area contributed by atoms with Crippen molar-refractivity contribution in [2.75, 3.05) is 0 Å². The predicted molar refractivity (Wildman–Crippen MR) is 117 cm³/mol. The Bertz CT molecular complexity index is 1000. The van der Waals surface area contributed by atoms with Gasteiger partial charge in [-0.15, -0.1) is 11.8 Å². The largest absolute Gasteiger partial charge is 0.455 e. The van der Waals surface area contributed by atoms with Crippen LogP contribution in [-0.4, -0.2) is 17.4 Å². The van der Waals surface area contributed by atoms with Crippen molar-refractivity contribution in [1.82, 2.24) is 5.43 Å². The maximum absolute atomic E-state index is 12.2. The summed E-state index contributed by atoms with van der Waals surface area (Å²) in [5, 5.41) is 5.33. The van der Waals surface area contributed by atoms with Gasteiger partial charge in [0.05, 0.1) is 16.5 Å². The van der Waals surface area contributed by atoms with E-state index in [4.69, 9.17) is 39.2 Å². The van der Waals surface area contributed by atoms with E-state index in [9.17, 15) is 4.79 Å². The summed E-state index contributed by atoms with van der Waals surface area (Å²) in [4.78, 5) is 13.1. The van der Waals surface area contributed by atoms with E-state index in [1.807, 2.05) is 12.1 Å². The summed E-state index contributed by atoms with van der Waals surface area (Å²) in [6, 6.07) is 16.0. The number of rotatable bonds is 6. The minimum absolute atomic E-state index is 0.219. The molecule has 0 aliphatic heterocycles. The van der Waals surface area contributed by atoms with Gasteiger partial charge in [-0.1, -0.05) is 34.8 Å². The second-order valence-corrected chi connectivity index (χ2v) is 8.47. The van der Waals surface area contributed by atoms with E-state index in [1.165, 1.54) is 18.0 Å². The molecule has 0 fully saturated rings. The second kappa shape index (κ2) is 9.52. The molecule has 4 nitrogen and oxygen atoms in total. The van der Waals surface area contributed by atoms with Crippen molar-refractivity contribution < 1.29 is 9.21 Å². The molecule has 1 amide bonds. The molecule has 28 heavy (non-hydrogen) atoms. The van der Waals surface area contributed by atoms with Crippen LogP contribution in [0, 0.1) is 0 Å². The average molecular weight is 454 g/mol. The predicted octanol–water partition coefficient (Wildman–Crippen LogP) is 6.54. The number of hydrogen-bond acceptors (Lipinski definition) is 4. The molecule has 8 heteroatoms. The lowest BCUT2D eigenvalue weighted by molar-refractivity contribution is -0.120. The van der Waals surface area contributed by atoms with E-state index in [-0.39, 0.29) is 11.2 Å². The number of carbonyl (C=O) groups excluding carboxylic acids is 1. The van der Waals surface area contributed by atoms with Crippen molar-refractivity contribution in [3.05, 3.63) is 75.4 Å². The number of furan rings is 1. The lowest BCUT2D eigenvalue weighted by Crippen LogP contribution is -2.26. The van der Waals surface area contributed by atoms with Crippen LogP contribution >= 0.6 is 46.6 Å². The van der Waals surface area contributed by atoms with E-state index < -0.39 is 0 Å². The van der Waals surface area contributed by atoms with Gasteiger partial charge < -0.3 is 4.42 Å². The third-order valence-electron chi connectivity index (χ3n) is 3.69. The van der Waals surface area contributed by atoms with E-state index >= 15 is 0 Å². The van der Waals surface area contributed by atoms with Gasteiger partial charge >= 0.3 is 0 Å². The van der Waals surface area contributed by atoms with Crippen molar-refractivity contribution in [2.24, 2.45) is 5.10 Å². The van der Waals surface area contributed by atoms with Crippen molar-refractivity contribution in [2.45, 2.75) is 17.1 Å². The van der Waals surface area contributed by atoms with Gasteiger partial charge in [0.15, 0.2) is 0 Å². The molecule has 0 saturated carbocycles. The van der Waals surface area contributed by atoms with Crippen molar-refractivity contribution in [1.29, 1.82) is 0 Å². The van der Waals surface area contributed by atoms with Gasteiger partial charge in [0.1, 0.15) is 11.5 Å². The molecule has 144 valence electrons. The summed E-state index contributed by atoms with van der Waals surface area (Å²) in [6.07, 6.45) is 1.44. The summed E-state index contributed by atoms with van der Waals surface area (Å²) < 4.78 is 5.69. The number of nitrogens with zero attached hydrogens (tertiary/aromatic N) is 1. The molecule has 0 spiro atoms. The number of amides is 1. The maximum atomic E-state index is 12.2. The summed E-state index contributed by atoms with van der Waals surface area (Å²) in [6.45, 7) is 1.80. The third-order valence-corrected chi connectivity index (χ3v) is 5.60. The first-order chi connectivity index (χ1) is 13.4. The zero-order valence-corrected chi connectivity index (χ0v) is 17.7. The summed E-state index contributed by atoms with van der Waals surface area (Å²) in [7, 11) is 0. The van der Waals surface area contributed by atoms with E-state index in [0.29, 0.717) is 26.6 Å². The van der Waals surface area contributed by atoms with Crippen molar-refractivity contribution >= 4 is 58.7 Å². The fourth-order valence-electron chi connectivity index (χ4n) is 2.28. The Kier molecular flexibility index (Phi) is 7.08. The zero-order valence-electron chi connectivity index (χ0n) is 14.7. The molecule has 2 aromatic carbocycles. The van der Waals surface area contributed by atoms with Crippen LogP contribution in [0.25, 0.3) is 11.3 Å². The maximum Gasteiger partial charge on any atom is 0.253 e. The second-order valence-electron chi connectivity index (χ2n) is 5.77. The molecule has 0 aliphatic carbocycles. The number of carbonyl (C=O) groups is 1. The first kappa shape index (κ1) is 20.8. The molecule has 0 unspecified atom stereocenters. The first-order valence-corrected chi connectivity index (χ1v) is 10.2. The minimum atomic E-state index is -0.321. The van der Waals surface area contributed by atoms with E-state index in [2.05, 4.69) is 10.5 Å². The summed E-state index contributed by atoms with van der Waals surface area (Å²) >= 11 is 19.4. The monoisotopic (exact) mass is 452 g/mol. The number of benzene rings is 2. The van der Waals surface area contributed by atoms with Crippen molar-refractivity contribution in [3.8, 4) is 11.3 Å². The summed E-state index contributed by atoms with van der Waals surface area (Å²) in [5.41, 5.74) is 3.24. The fraction of sp³-hybridized carbons (Fsp3) is 0.100. The van der Waals surface area contributed by atoms with Crippen LogP contribution in [0.4, 0.5) is 0 Å². The Balaban J connectivity index is 1.57. The summed E-state index contributed by atoms with van der Waals surface area (Å²) in [5.74, 6) is 0.851. The molecule has 0 radical (unpaired) electrons. The van der Waals surface area contributed by atoms with E-state index in [0.717, 1.165) is 10.5 Å². The highest BCUT2D eigenvalue weighted by Gasteiger charge is 2.14. The molecular weight excluding hydrogens is 439 g/mol. The molecular formula is C20H15Cl3N2O2S. The van der Waals surface area contributed by atoms with Crippen LogP contribution in [0.1, 0.15) is 12.7 Å². The van der Waals surface area contributed by atoms with Crippen LogP contribution in [-0.2, 0) is 4.79 Å². The molecule has 1 aromatic heterocycles. The molecule has 1 heterocycles. The SMILES string of the molecule is C[C@H](Sc1ccc(Cl)cc1)C(=O)N/N=C\c1ccc(-c2ccc(Cl)cc2Cl)o1. The van der Waals surface area contributed by atoms with E-state index in [1.54, 1.807) is 49.4 Å². The Labute approximate surface area is 181 Å². The average Bonchev–Trinajstić information content (AvgIpc) is 3.12. The molecule has 3 rings (SSSR count). The zero-order chi connectivity index (χ0) is 20.1. The first-order valence-electron chi connectivity index (χ1n) is 8.23. The number of thioether (sulfide) groups is 1. The van der Waals surface area contributed by atoms with Gasteiger partial charge in [-0.25, -0.2) is 5.43 Å². The molecule has 1 N–H and O–H groups in total. The van der Waals surface area contributed by atoms with Gasteiger partial charge in [-0.2, -0.15) is 5.10 Å². The molecule has 3 aromatic rings. The Hall–Kier alpha value is -1.92. The Morgan fingerprint density at radius 2 is 1.79 bits per heavy atom. The third kappa shape index (κ3) is 5.55. The van der Waals surface area contributed by atoms with Crippen LogP contribution in [0.3, 0.4) is 0 Å². The van der Waals surface area contributed by atoms with Crippen LogP contribution < -0.4 is 5.43 Å². The fourth-order valence-corrected chi connectivity index (χ4v) is 3.77. The highest BCUT2D eigenvalue weighted by atomic mass is 35.5. The molecule has 0 aliphatic rings. The minimum Gasteiger partial charge on any atom is -0.455 e. The van der Waals surface area contributed by atoms with Gasteiger partial charge in [-0.3, -0.25) is 4.79 Å². The number of halogens is 3. The normalized spacial score (nSPS) is 12.3. The number of hydrogen-bond donors (Lipinski definition) is 1. The highest BCUT2D eigenvalue weighted by Crippen LogP contribution is 2.31. The number of hydrazone groups is 1. The lowest BCUT2D eigenvalue weighted by Gasteiger charge is -2.09. The Morgan fingerprint density at radius 1 is 1.07 bits per heavy atom. The van der Waals surface area contributed by atoms with Crippen molar-refractivity contribution in [3.63, 3.8) is 0 Å². The van der Waals surface area contributed by atoms with Gasteiger partial charge in [0, 0.05) is 20.5 Å². The van der Waals surface area contributed by atoms with Crippen LogP contribution in [0.5, 0.6) is 0 Å². The standard InChI is InChI=1S/C20H15Cl3N2O2S/c1-12(28-16-6-2-13(21)3-7-16)20(26)25-24-11-15-5-9-19(27-15)17-8-4-14(22)10-18(17)23/h2-12H,1H3,(H,25,26)/b24-11-/t12-/m0/s1.